The molecule has 32 heavy (non-hydrogen) atoms. The number of aliphatic imine (C=N–C) groups is 1. The first kappa shape index (κ1) is 24.2. The molecule has 1 saturated heterocycles. The van der Waals surface area contributed by atoms with E-state index in [0.29, 0.717) is 6.54 Å². The molecule has 2 N–H and O–H groups in total. The van der Waals surface area contributed by atoms with Crippen LogP contribution < -0.4 is 10.6 Å². The lowest BCUT2D eigenvalue weighted by atomic mass is 10.1. The summed E-state index contributed by atoms with van der Waals surface area (Å²) in [5.74, 6) is 0.859. The van der Waals surface area contributed by atoms with Crippen molar-refractivity contribution in [3.63, 3.8) is 0 Å². The van der Waals surface area contributed by atoms with Gasteiger partial charge in [-0.25, -0.2) is 4.99 Å². The van der Waals surface area contributed by atoms with Gasteiger partial charge in [0.25, 0.3) is 0 Å². The number of rotatable bonds is 12. The summed E-state index contributed by atoms with van der Waals surface area (Å²) in [4.78, 5) is 7.27. The Morgan fingerprint density at radius 2 is 1.72 bits per heavy atom. The molecule has 1 aliphatic heterocycles. The highest BCUT2D eigenvalue weighted by Crippen LogP contribution is 2.14. The van der Waals surface area contributed by atoms with Gasteiger partial charge in [-0.15, -0.1) is 0 Å². The topological polar surface area (TPSA) is 58.1 Å². The fraction of sp³-hybridized carbons (Fsp3) is 0.500. The van der Waals surface area contributed by atoms with Gasteiger partial charge in [-0.05, 0) is 36.5 Å². The molecule has 0 unspecified atom stereocenters. The summed E-state index contributed by atoms with van der Waals surface area (Å²) >= 11 is 0. The molecule has 6 heteroatoms. The van der Waals surface area contributed by atoms with Crippen LogP contribution in [0, 0.1) is 0 Å². The number of hydrogen-bond donors (Lipinski definition) is 2. The van der Waals surface area contributed by atoms with Gasteiger partial charge in [0.15, 0.2) is 5.96 Å². The molecule has 2 aromatic carbocycles. The van der Waals surface area contributed by atoms with Crippen LogP contribution in [0.3, 0.4) is 0 Å². The van der Waals surface area contributed by atoms with Crippen molar-refractivity contribution in [2.45, 2.75) is 32.9 Å². The number of hydrogen-bond acceptors (Lipinski definition) is 4. The number of ether oxygens (including phenoxy) is 2. The molecule has 6 nitrogen and oxygen atoms in total. The van der Waals surface area contributed by atoms with Gasteiger partial charge in [0.2, 0.25) is 0 Å². The molecule has 2 aromatic rings. The minimum atomic E-state index is 0.670. The Morgan fingerprint density at radius 1 is 0.969 bits per heavy atom. The van der Waals surface area contributed by atoms with Gasteiger partial charge in [-0.2, -0.15) is 0 Å². The van der Waals surface area contributed by atoms with Crippen molar-refractivity contribution in [3.8, 4) is 0 Å². The molecule has 1 aliphatic rings. The van der Waals surface area contributed by atoms with Gasteiger partial charge in [-0.3, -0.25) is 4.90 Å². The average Bonchev–Trinajstić information content (AvgIpc) is 2.84. The molecular weight excluding hydrogens is 400 g/mol. The molecule has 0 saturated carbocycles. The van der Waals surface area contributed by atoms with Crippen LogP contribution in [0.1, 0.15) is 30.0 Å². The summed E-state index contributed by atoms with van der Waals surface area (Å²) in [6.45, 7) is 10.6. The van der Waals surface area contributed by atoms with Crippen LogP contribution in [0.4, 0.5) is 0 Å². The van der Waals surface area contributed by atoms with Crippen molar-refractivity contribution in [1.82, 2.24) is 15.5 Å². The first-order valence-electron chi connectivity index (χ1n) is 11.9. The van der Waals surface area contributed by atoms with E-state index in [9.17, 15) is 0 Å². The number of benzene rings is 2. The minimum Gasteiger partial charge on any atom is -0.381 e. The number of morpholine rings is 1. The van der Waals surface area contributed by atoms with E-state index in [1.807, 2.05) is 6.07 Å². The van der Waals surface area contributed by atoms with Crippen LogP contribution in [0.25, 0.3) is 0 Å². The van der Waals surface area contributed by atoms with Crippen LogP contribution in [0.15, 0.2) is 59.6 Å². The Morgan fingerprint density at radius 3 is 2.50 bits per heavy atom. The van der Waals surface area contributed by atoms with Crippen LogP contribution in [-0.2, 0) is 29.0 Å². The zero-order chi connectivity index (χ0) is 22.3. The lowest BCUT2D eigenvalue weighted by Gasteiger charge is -2.27. The van der Waals surface area contributed by atoms with Crippen LogP contribution in [0.5, 0.6) is 0 Å². The minimum absolute atomic E-state index is 0.670. The second kappa shape index (κ2) is 14.6. The average molecular weight is 439 g/mol. The van der Waals surface area contributed by atoms with Crippen LogP contribution >= 0.6 is 0 Å². The fourth-order valence-electron chi connectivity index (χ4n) is 3.69. The summed E-state index contributed by atoms with van der Waals surface area (Å²) < 4.78 is 11.3. The van der Waals surface area contributed by atoms with E-state index in [1.54, 1.807) is 0 Å². The number of nitrogens with zero attached hydrogens (tertiary/aromatic N) is 2. The summed E-state index contributed by atoms with van der Waals surface area (Å²) in [7, 11) is 0. The molecule has 0 radical (unpaired) electrons. The number of guanidine groups is 1. The molecule has 0 spiro atoms. The summed E-state index contributed by atoms with van der Waals surface area (Å²) in [6.07, 6.45) is 1.91. The van der Waals surface area contributed by atoms with E-state index >= 15 is 0 Å². The normalized spacial score (nSPS) is 15.0. The Hall–Kier alpha value is -2.41. The van der Waals surface area contributed by atoms with Gasteiger partial charge in [0, 0.05) is 39.3 Å². The second-order valence-electron chi connectivity index (χ2n) is 7.98. The fourth-order valence-corrected chi connectivity index (χ4v) is 3.69. The van der Waals surface area contributed by atoms with E-state index in [1.165, 1.54) is 16.7 Å². The first-order chi connectivity index (χ1) is 15.8. The van der Waals surface area contributed by atoms with Crippen molar-refractivity contribution < 1.29 is 9.47 Å². The van der Waals surface area contributed by atoms with Crippen molar-refractivity contribution >= 4 is 5.96 Å². The predicted molar refractivity (Wildman–Crippen MR) is 131 cm³/mol. The SMILES string of the molecule is CCNC(=NCc1ccccc1CN1CCOCC1)NCCCOCCc1ccccc1. The molecule has 0 amide bonds. The Bertz CT molecular complexity index is 791. The highest BCUT2D eigenvalue weighted by atomic mass is 16.5. The second-order valence-corrected chi connectivity index (χ2v) is 7.98. The maximum Gasteiger partial charge on any atom is 0.191 e. The van der Waals surface area contributed by atoms with Crippen molar-refractivity contribution in [2.75, 3.05) is 52.6 Å². The van der Waals surface area contributed by atoms with E-state index in [0.717, 1.165) is 78.0 Å². The highest BCUT2D eigenvalue weighted by molar-refractivity contribution is 5.79. The Labute approximate surface area is 193 Å². The van der Waals surface area contributed by atoms with Crippen molar-refractivity contribution in [3.05, 3.63) is 71.3 Å². The van der Waals surface area contributed by atoms with Gasteiger partial charge in [0.05, 0.1) is 26.4 Å². The quantitative estimate of drug-likeness (QED) is 0.303. The van der Waals surface area contributed by atoms with Crippen molar-refractivity contribution in [2.24, 2.45) is 4.99 Å². The molecule has 174 valence electrons. The summed E-state index contributed by atoms with van der Waals surface area (Å²) in [5.41, 5.74) is 3.95. The molecule has 0 aliphatic carbocycles. The van der Waals surface area contributed by atoms with Crippen LogP contribution in [0.2, 0.25) is 0 Å². The summed E-state index contributed by atoms with van der Waals surface area (Å²) in [5, 5.41) is 6.78. The standard InChI is InChI=1S/C26H38N4O2/c1-2-27-26(28-14-8-17-31-18-13-23-9-4-3-5-10-23)29-21-24-11-6-7-12-25(24)22-30-15-19-32-20-16-30/h3-7,9-12H,2,8,13-22H2,1H3,(H2,27,28,29). The van der Waals surface area contributed by atoms with E-state index in [-0.39, 0.29) is 0 Å². The third kappa shape index (κ3) is 8.99. The van der Waals surface area contributed by atoms with Gasteiger partial charge >= 0.3 is 0 Å². The molecular formula is C26H38N4O2. The lowest BCUT2D eigenvalue weighted by molar-refractivity contribution is 0.0341. The molecule has 0 atom stereocenters. The predicted octanol–water partition coefficient (Wildman–Crippen LogP) is 3.22. The molecule has 1 fully saturated rings. The van der Waals surface area contributed by atoms with Gasteiger partial charge in [0.1, 0.15) is 0 Å². The molecule has 1 heterocycles. The zero-order valence-corrected chi connectivity index (χ0v) is 19.4. The zero-order valence-electron chi connectivity index (χ0n) is 19.4. The van der Waals surface area contributed by atoms with E-state index < -0.39 is 0 Å². The van der Waals surface area contributed by atoms with E-state index in [4.69, 9.17) is 14.5 Å². The van der Waals surface area contributed by atoms with Crippen LogP contribution in [-0.4, -0.2) is 63.5 Å². The van der Waals surface area contributed by atoms with Crippen molar-refractivity contribution in [1.29, 1.82) is 0 Å². The largest absolute Gasteiger partial charge is 0.381 e. The smallest absolute Gasteiger partial charge is 0.191 e. The highest BCUT2D eigenvalue weighted by Gasteiger charge is 2.12. The molecule has 3 rings (SSSR count). The third-order valence-corrected chi connectivity index (χ3v) is 5.50. The molecule has 0 aromatic heterocycles. The van der Waals surface area contributed by atoms with E-state index in [2.05, 4.69) is 71.0 Å². The Balaban J connectivity index is 1.39. The Kier molecular flexibility index (Phi) is 11.1. The van der Waals surface area contributed by atoms with Gasteiger partial charge in [-0.1, -0.05) is 54.6 Å². The third-order valence-electron chi connectivity index (χ3n) is 5.50. The molecule has 0 bridgehead atoms. The maximum atomic E-state index is 5.78. The maximum absolute atomic E-state index is 5.78. The first-order valence-corrected chi connectivity index (χ1v) is 11.9. The number of nitrogens with one attached hydrogen (secondary N) is 2. The monoisotopic (exact) mass is 438 g/mol. The van der Waals surface area contributed by atoms with Gasteiger partial charge < -0.3 is 20.1 Å². The lowest BCUT2D eigenvalue weighted by Crippen LogP contribution is -2.38. The summed E-state index contributed by atoms with van der Waals surface area (Å²) in [6, 6.07) is 19.1.